The minimum absolute atomic E-state index is 0.127. The van der Waals surface area contributed by atoms with Crippen molar-refractivity contribution < 1.29 is 24.6 Å². The quantitative estimate of drug-likeness (QED) is 0.278. The van der Waals surface area contributed by atoms with Gasteiger partial charge in [0.15, 0.2) is 5.82 Å². The maximum atomic E-state index is 12.5. The van der Waals surface area contributed by atoms with Crippen molar-refractivity contribution in [3.8, 4) is 0 Å². The monoisotopic (exact) mass is 474 g/mol. The molecule has 0 saturated heterocycles. The normalized spacial score (nSPS) is 13.0. The van der Waals surface area contributed by atoms with Crippen molar-refractivity contribution in [2.24, 2.45) is 0 Å². The summed E-state index contributed by atoms with van der Waals surface area (Å²) in [5, 5.41) is 20.4. The maximum absolute atomic E-state index is 12.5. The molecule has 11 nitrogen and oxygen atoms in total. The highest BCUT2D eigenvalue weighted by atomic mass is 32.1. The number of rotatable bonds is 11. The molecule has 0 fully saturated rings. The van der Waals surface area contributed by atoms with E-state index in [2.05, 4.69) is 22.2 Å². The summed E-state index contributed by atoms with van der Waals surface area (Å²) in [5.74, 6) is -2.29. The number of aryl methyl sites for hydroxylation is 1. The number of nitrogens with zero attached hydrogens (tertiary/aromatic N) is 3. The van der Waals surface area contributed by atoms with Crippen LogP contribution in [-0.4, -0.2) is 48.6 Å². The van der Waals surface area contributed by atoms with Crippen LogP contribution in [0.25, 0.3) is 11.0 Å². The zero-order valence-corrected chi connectivity index (χ0v) is 18.8. The number of aromatic nitrogens is 3. The van der Waals surface area contributed by atoms with Crippen molar-refractivity contribution in [2.45, 2.75) is 51.1 Å². The van der Waals surface area contributed by atoms with E-state index in [4.69, 9.17) is 16.6 Å². The lowest BCUT2D eigenvalue weighted by molar-refractivity contribution is -0.140. The van der Waals surface area contributed by atoms with Crippen molar-refractivity contribution >= 4 is 52.0 Å². The van der Waals surface area contributed by atoms with Crippen LogP contribution in [0.2, 0.25) is 0 Å². The van der Waals surface area contributed by atoms with E-state index in [1.165, 1.54) is 11.3 Å². The van der Waals surface area contributed by atoms with Gasteiger partial charge in [-0.05, 0) is 43.4 Å². The van der Waals surface area contributed by atoms with Crippen molar-refractivity contribution in [1.29, 1.82) is 0 Å². The third-order valence-corrected chi connectivity index (χ3v) is 6.62. The predicted molar refractivity (Wildman–Crippen MR) is 124 cm³/mol. The number of nitrogens with two attached hydrogens (primary N) is 2. The minimum atomic E-state index is -1.27. The number of aliphatic carboxylic acids is 2. The number of thiophene rings is 1. The fourth-order valence-corrected chi connectivity index (χ4v) is 4.76. The number of hydrogen-bond donors (Lipinski definition) is 5. The molecule has 0 radical (unpaired) electrons. The van der Waals surface area contributed by atoms with E-state index in [-0.39, 0.29) is 24.7 Å². The summed E-state index contributed by atoms with van der Waals surface area (Å²) in [5.41, 5.74) is 13.1. The van der Waals surface area contributed by atoms with Gasteiger partial charge in [-0.2, -0.15) is 4.98 Å². The fraction of sp³-hybridized carbons (Fsp3) is 0.381. The van der Waals surface area contributed by atoms with Crippen LogP contribution < -0.4 is 16.8 Å². The molecule has 176 valence electrons. The number of anilines is 2. The molecule has 12 heteroatoms. The average Bonchev–Trinajstić information content (AvgIpc) is 3.39. The summed E-state index contributed by atoms with van der Waals surface area (Å²) in [6.45, 7) is 2.72. The second kappa shape index (κ2) is 10.3. The Kier molecular flexibility index (Phi) is 7.48. The predicted octanol–water partition coefficient (Wildman–Crippen LogP) is 2.29. The summed E-state index contributed by atoms with van der Waals surface area (Å²) in [4.78, 5) is 44.2. The van der Waals surface area contributed by atoms with Gasteiger partial charge in [0.1, 0.15) is 11.6 Å². The number of carboxylic acids is 2. The Morgan fingerprint density at radius 3 is 2.58 bits per heavy atom. The lowest BCUT2D eigenvalue weighted by Gasteiger charge is -2.15. The van der Waals surface area contributed by atoms with E-state index in [1.54, 1.807) is 6.07 Å². The lowest BCUT2D eigenvalue weighted by atomic mass is 10.0. The summed E-state index contributed by atoms with van der Waals surface area (Å²) in [7, 11) is 0. The number of nitrogen functional groups attached to an aromatic ring is 2. The molecule has 3 heterocycles. The molecule has 0 saturated carbocycles. The Morgan fingerprint density at radius 1 is 1.15 bits per heavy atom. The summed E-state index contributed by atoms with van der Waals surface area (Å²) in [6.07, 6.45) is 2.98. The molecule has 0 aliphatic heterocycles. The third kappa shape index (κ3) is 5.77. The molecule has 0 spiro atoms. The number of hydrogen-bond acceptors (Lipinski definition) is 8. The minimum Gasteiger partial charge on any atom is -0.481 e. The van der Waals surface area contributed by atoms with E-state index >= 15 is 0 Å². The molecule has 1 unspecified atom stereocenters. The largest absolute Gasteiger partial charge is 0.481 e. The SMILES string of the molecule is CCC(CCn1ccc2nc(N)nc(N)c21)c1ccc(C(=O)N[C@@H](CCC(=O)O)C(=O)O)s1. The van der Waals surface area contributed by atoms with Gasteiger partial charge < -0.3 is 31.6 Å². The number of carbonyl (C=O) groups is 3. The molecular formula is C21H26N6O5S. The van der Waals surface area contributed by atoms with Gasteiger partial charge in [-0.25, -0.2) is 9.78 Å². The van der Waals surface area contributed by atoms with Gasteiger partial charge in [-0.3, -0.25) is 9.59 Å². The number of carbonyl (C=O) groups excluding carboxylic acids is 1. The van der Waals surface area contributed by atoms with E-state index in [0.29, 0.717) is 22.8 Å². The first-order chi connectivity index (χ1) is 15.7. The van der Waals surface area contributed by atoms with Crippen molar-refractivity contribution in [3.05, 3.63) is 34.2 Å². The second-order valence-corrected chi connectivity index (χ2v) is 8.72. The first-order valence-corrected chi connectivity index (χ1v) is 11.2. The Balaban J connectivity index is 1.67. The van der Waals surface area contributed by atoms with Crippen LogP contribution in [0.1, 0.15) is 53.1 Å². The number of nitrogens with one attached hydrogen (secondary N) is 1. The summed E-state index contributed by atoms with van der Waals surface area (Å²) >= 11 is 1.30. The van der Waals surface area contributed by atoms with E-state index in [0.717, 1.165) is 23.2 Å². The maximum Gasteiger partial charge on any atom is 0.326 e. The highest BCUT2D eigenvalue weighted by Crippen LogP contribution is 2.31. The van der Waals surface area contributed by atoms with Crippen LogP contribution in [0.3, 0.4) is 0 Å². The molecule has 0 aliphatic carbocycles. The second-order valence-electron chi connectivity index (χ2n) is 7.60. The molecule has 3 rings (SSSR count). The smallest absolute Gasteiger partial charge is 0.326 e. The van der Waals surface area contributed by atoms with Gasteiger partial charge in [-0.1, -0.05) is 6.92 Å². The molecule has 0 bridgehead atoms. The van der Waals surface area contributed by atoms with Crippen LogP contribution in [0.4, 0.5) is 11.8 Å². The molecule has 2 atom stereocenters. The number of carboxylic acid groups (broad SMARTS) is 2. The van der Waals surface area contributed by atoms with Gasteiger partial charge in [0.05, 0.1) is 10.4 Å². The summed E-state index contributed by atoms with van der Waals surface area (Å²) in [6, 6.07) is 4.10. The molecule has 3 aromatic heterocycles. The van der Waals surface area contributed by atoms with E-state index in [9.17, 15) is 19.5 Å². The molecule has 7 N–H and O–H groups in total. The van der Waals surface area contributed by atoms with Gasteiger partial charge in [0.2, 0.25) is 5.95 Å². The van der Waals surface area contributed by atoms with Crippen LogP contribution >= 0.6 is 11.3 Å². The van der Waals surface area contributed by atoms with Gasteiger partial charge >= 0.3 is 11.9 Å². The average molecular weight is 475 g/mol. The first kappa shape index (κ1) is 24.0. The summed E-state index contributed by atoms with van der Waals surface area (Å²) < 4.78 is 1.98. The molecule has 33 heavy (non-hydrogen) atoms. The first-order valence-electron chi connectivity index (χ1n) is 10.4. The van der Waals surface area contributed by atoms with Crippen LogP contribution in [-0.2, 0) is 16.1 Å². The Morgan fingerprint density at radius 2 is 1.91 bits per heavy atom. The zero-order chi connectivity index (χ0) is 24.1. The van der Waals surface area contributed by atoms with Crippen LogP contribution in [0, 0.1) is 0 Å². The highest BCUT2D eigenvalue weighted by molar-refractivity contribution is 7.14. The standard InChI is InChI=1S/C21H26N6O5S/c1-2-11(7-9-27-10-8-12-17(27)18(22)26-21(23)25-12)14-4-5-15(33-14)19(30)24-13(20(31)32)3-6-16(28)29/h4-5,8,10-11,13H,2-3,6-7,9H2,1H3,(H,24,30)(H,28,29)(H,31,32)(H4,22,23,25,26)/t11?,13-/m0/s1. The van der Waals surface area contributed by atoms with Gasteiger partial charge in [0.25, 0.3) is 5.91 Å². The number of fused-ring (bicyclic) bond motifs is 1. The Labute approximate surface area is 193 Å². The highest BCUT2D eigenvalue weighted by Gasteiger charge is 2.23. The van der Waals surface area contributed by atoms with E-state index < -0.39 is 23.9 Å². The van der Waals surface area contributed by atoms with E-state index in [1.807, 2.05) is 22.9 Å². The fourth-order valence-electron chi connectivity index (χ4n) is 3.63. The van der Waals surface area contributed by atoms with Crippen molar-refractivity contribution in [2.75, 3.05) is 11.5 Å². The Hall–Kier alpha value is -3.67. The topological polar surface area (TPSA) is 186 Å². The van der Waals surface area contributed by atoms with Crippen molar-refractivity contribution in [1.82, 2.24) is 19.9 Å². The van der Waals surface area contributed by atoms with Crippen LogP contribution in [0.15, 0.2) is 24.4 Å². The number of amides is 1. The molecule has 3 aromatic rings. The molecule has 1 amide bonds. The lowest BCUT2D eigenvalue weighted by Crippen LogP contribution is -2.40. The van der Waals surface area contributed by atoms with Crippen molar-refractivity contribution in [3.63, 3.8) is 0 Å². The van der Waals surface area contributed by atoms with Gasteiger partial charge in [0, 0.05) is 24.0 Å². The molecular weight excluding hydrogens is 448 g/mol. The third-order valence-electron chi connectivity index (χ3n) is 5.37. The molecule has 0 aliphatic rings. The zero-order valence-electron chi connectivity index (χ0n) is 18.0. The Bertz CT molecular complexity index is 1170. The molecule has 0 aromatic carbocycles. The van der Waals surface area contributed by atoms with Crippen LogP contribution in [0.5, 0.6) is 0 Å². The van der Waals surface area contributed by atoms with Gasteiger partial charge in [-0.15, -0.1) is 11.3 Å².